The highest BCUT2D eigenvalue weighted by Crippen LogP contribution is 2.37. The molecule has 0 unspecified atom stereocenters. The monoisotopic (exact) mass is 288 g/mol. The van der Waals surface area contributed by atoms with E-state index < -0.39 is 5.24 Å². The van der Waals surface area contributed by atoms with E-state index in [2.05, 4.69) is 0 Å². The van der Waals surface area contributed by atoms with Crippen LogP contribution in [0.2, 0.25) is 5.02 Å². The topological polar surface area (TPSA) is 26.3 Å². The summed E-state index contributed by atoms with van der Waals surface area (Å²) in [6, 6.07) is 5.58. The van der Waals surface area contributed by atoms with Crippen LogP contribution >= 0.6 is 34.5 Å². The molecule has 0 N–H and O–H groups in total. The fraction of sp³-hybridized carbons (Fsp3) is 0.250. The molecule has 0 spiro atoms. The Kier molecular flexibility index (Phi) is 3.92. The third-order valence-electron chi connectivity index (χ3n) is 2.25. The maximum atomic E-state index is 11.2. The van der Waals surface area contributed by atoms with Crippen molar-refractivity contribution in [1.29, 1.82) is 0 Å². The molecule has 1 heterocycles. The summed E-state index contributed by atoms with van der Waals surface area (Å²) in [4.78, 5) is 11.5. The van der Waals surface area contributed by atoms with Crippen LogP contribution in [-0.2, 0) is 0 Å². The number of thiophene rings is 1. The Hall–Kier alpha value is -0.770. The van der Waals surface area contributed by atoms with Crippen LogP contribution in [0.4, 0.5) is 0 Å². The van der Waals surface area contributed by atoms with E-state index in [-0.39, 0.29) is 0 Å². The van der Waals surface area contributed by atoms with Gasteiger partial charge < -0.3 is 4.74 Å². The fourth-order valence-electron chi connectivity index (χ4n) is 1.48. The number of hydrogen-bond donors (Lipinski definition) is 0. The molecular formula is C12H10Cl2O2S. The van der Waals surface area contributed by atoms with Gasteiger partial charge in [0.25, 0.3) is 5.24 Å². The molecule has 1 aromatic heterocycles. The number of benzene rings is 1. The van der Waals surface area contributed by atoms with E-state index in [1.807, 2.05) is 25.1 Å². The molecule has 5 heteroatoms. The molecule has 0 aliphatic rings. The molecule has 2 rings (SSSR count). The lowest BCUT2D eigenvalue weighted by Crippen LogP contribution is -1.93. The Labute approximate surface area is 113 Å². The maximum Gasteiger partial charge on any atom is 0.263 e. The molecule has 0 saturated carbocycles. The van der Waals surface area contributed by atoms with Crippen LogP contribution in [0.15, 0.2) is 18.2 Å². The quantitative estimate of drug-likeness (QED) is 0.761. The molecule has 0 radical (unpaired) electrons. The zero-order valence-corrected chi connectivity index (χ0v) is 11.5. The van der Waals surface area contributed by atoms with Gasteiger partial charge in [-0.05, 0) is 36.2 Å². The summed E-state index contributed by atoms with van der Waals surface area (Å²) in [6.07, 6.45) is 0.953. The normalized spacial score (nSPS) is 10.8. The molecule has 0 bridgehead atoms. The van der Waals surface area contributed by atoms with Crippen molar-refractivity contribution >= 4 is 49.9 Å². The first-order chi connectivity index (χ1) is 8.13. The van der Waals surface area contributed by atoms with Gasteiger partial charge in [-0.3, -0.25) is 4.79 Å². The van der Waals surface area contributed by atoms with Crippen molar-refractivity contribution in [2.45, 2.75) is 13.3 Å². The minimum absolute atomic E-state index is 0.385. The molecule has 0 fully saturated rings. The highest BCUT2D eigenvalue weighted by Gasteiger charge is 2.15. The molecule has 0 aliphatic carbocycles. The molecule has 0 saturated heterocycles. The zero-order valence-electron chi connectivity index (χ0n) is 9.13. The van der Waals surface area contributed by atoms with Crippen LogP contribution in [0.5, 0.6) is 5.75 Å². The predicted molar refractivity (Wildman–Crippen MR) is 72.8 cm³/mol. The molecule has 0 amide bonds. The van der Waals surface area contributed by atoms with Crippen molar-refractivity contribution < 1.29 is 9.53 Å². The number of rotatable bonds is 4. The van der Waals surface area contributed by atoms with Gasteiger partial charge in [-0.25, -0.2) is 0 Å². The molecule has 1 aromatic carbocycles. The Balaban J connectivity index is 2.44. The molecule has 90 valence electrons. The minimum atomic E-state index is -0.521. The zero-order chi connectivity index (χ0) is 12.4. The van der Waals surface area contributed by atoms with Crippen molar-refractivity contribution in [3.8, 4) is 5.75 Å². The minimum Gasteiger partial charge on any atom is -0.494 e. The van der Waals surface area contributed by atoms with Crippen LogP contribution < -0.4 is 4.74 Å². The van der Waals surface area contributed by atoms with Gasteiger partial charge in [-0.15, -0.1) is 11.3 Å². The Morgan fingerprint density at radius 3 is 2.88 bits per heavy atom. The standard InChI is InChI=1S/C12H10Cl2O2S/c1-2-5-16-7-3-4-8-9(6-7)17-11(10(8)13)12(14)15/h3-4,6H,2,5H2,1H3. The maximum absolute atomic E-state index is 11.2. The van der Waals surface area contributed by atoms with Gasteiger partial charge in [-0.2, -0.15) is 0 Å². The van der Waals surface area contributed by atoms with E-state index in [1.54, 1.807) is 0 Å². The number of carbonyl (C=O) groups is 1. The number of carbonyl (C=O) groups excluding carboxylic acids is 1. The van der Waals surface area contributed by atoms with Gasteiger partial charge in [0.1, 0.15) is 10.6 Å². The van der Waals surface area contributed by atoms with Crippen molar-refractivity contribution in [3.63, 3.8) is 0 Å². The van der Waals surface area contributed by atoms with Crippen molar-refractivity contribution in [2.24, 2.45) is 0 Å². The predicted octanol–water partition coefficient (Wildman–Crippen LogP) is 4.72. The van der Waals surface area contributed by atoms with E-state index in [9.17, 15) is 4.79 Å². The SMILES string of the molecule is CCCOc1ccc2c(Cl)c(C(=O)Cl)sc2c1. The van der Waals surface area contributed by atoms with Gasteiger partial charge in [0.15, 0.2) is 0 Å². The van der Waals surface area contributed by atoms with Crippen LogP contribution in [0.3, 0.4) is 0 Å². The summed E-state index contributed by atoms with van der Waals surface area (Å²) in [5.41, 5.74) is 0. The summed E-state index contributed by atoms with van der Waals surface area (Å²) in [7, 11) is 0. The smallest absolute Gasteiger partial charge is 0.263 e. The van der Waals surface area contributed by atoms with E-state index >= 15 is 0 Å². The molecule has 2 aromatic rings. The van der Waals surface area contributed by atoms with Gasteiger partial charge in [-0.1, -0.05) is 18.5 Å². The van der Waals surface area contributed by atoms with Crippen molar-refractivity contribution in [2.75, 3.05) is 6.61 Å². The first-order valence-electron chi connectivity index (χ1n) is 5.18. The Bertz CT molecular complexity index is 563. The molecule has 17 heavy (non-hydrogen) atoms. The Morgan fingerprint density at radius 1 is 1.47 bits per heavy atom. The second kappa shape index (κ2) is 5.25. The molecule has 2 nitrogen and oxygen atoms in total. The highest BCUT2D eigenvalue weighted by atomic mass is 35.5. The summed E-state index contributed by atoms with van der Waals surface area (Å²) >= 11 is 12.8. The van der Waals surface area contributed by atoms with Gasteiger partial charge >= 0.3 is 0 Å². The Morgan fingerprint density at radius 2 is 2.24 bits per heavy atom. The molecule has 0 atom stereocenters. The van der Waals surface area contributed by atoms with Gasteiger partial charge in [0, 0.05) is 10.1 Å². The van der Waals surface area contributed by atoms with Crippen molar-refractivity contribution in [3.05, 3.63) is 28.1 Å². The fourth-order valence-corrected chi connectivity index (χ4v) is 3.12. The highest BCUT2D eigenvalue weighted by molar-refractivity contribution is 7.23. The number of halogens is 2. The lowest BCUT2D eigenvalue weighted by molar-refractivity contribution is 0.108. The van der Waals surface area contributed by atoms with Crippen LogP contribution in [0.1, 0.15) is 23.0 Å². The molecule has 0 aliphatic heterocycles. The summed E-state index contributed by atoms with van der Waals surface area (Å²) in [5, 5.41) is 0.740. The lowest BCUT2D eigenvalue weighted by Gasteiger charge is -2.03. The van der Waals surface area contributed by atoms with Gasteiger partial charge in [0.2, 0.25) is 0 Å². The van der Waals surface area contributed by atoms with E-state index in [1.165, 1.54) is 11.3 Å². The third-order valence-corrected chi connectivity index (χ3v) is 4.21. The largest absolute Gasteiger partial charge is 0.494 e. The van der Waals surface area contributed by atoms with E-state index in [4.69, 9.17) is 27.9 Å². The first-order valence-corrected chi connectivity index (χ1v) is 6.75. The second-order valence-corrected chi connectivity index (χ2v) is 5.30. The van der Waals surface area contributed by atoms with Crippen molar-refractivity contribution in [1.82, 2.24) is 0 Å². The number of ether oxygens (including phenoxy) is 1. The van der Waals surface area contributed by atoms with Gasteiger partial charge in [0.05, 0.1) is 11.6 Å². The number of fused-ring (bicyclic) bond motifs is 1. The average Bonchev–Trinajstić information content (AvgIpc) is 2.64. The second-order valence-electron chi connectivity index (χ2n) is 3.53. The lowest BCUT2D eigenvalue weighted by atomic mass is 10.2. The molecular weight excluding hydrogens is 279 g/mol. The van der Waals surface area contributed by atoms with Crippen LogP contribution in [-0.4, -0.2) is 11.8 Å². The number of hydrogen-bond acceptors (Lipinski definition) is 3. The summed E-state index contributed by atoms with van der Waals surface area (Å²) in [5.74, 6) is 0.783. The van der Waals surface area contributed by atoms with E-state index in [0.29, 0.717) is 16.5 Å². The first kappa shape index (κ1) is 12.7. The van der Waals surface area contributed by atoms with E-state index in [0.717, 1.165) is 22.3 Å². The van der Waals surface area contributed by atoms with Crippen LogP contribution in [0.25, 0.3) is 10.1 Å². The third kappa shape index (κ3) is 2.57. The van der Waals surface area contributed by atoms with Crippen LogP contribution in [0, 0.1) is 0 Å². The summed E-state index contributed by atoms with van der Waals surface area (Å²) < 4.78 is 6.43. The summed E-state index contributed by atoms with van der Waals surface area (Å²) in [6.45, 7) is 2.72. The average molecular weight is 289 g/mol.